The molecule has 0 amide bonds. The van der Waals surface area contributed by atoms with Crippen molar-refractivity contribution in [2.75, 3.05) is 0 Å². The van der Waals surface area contributed by atoms with Gasteiger partial charge in [0, 0.05) is 23.8 Å². The molecule has 0 radical (unpaired) electrons. The third-order valence-corrected chi connectivity index (χ3v) is 5.15. The fourth-order valence-corrected chi connectivity index (χ4v) is 3.47. The minimum Gasteiger partial charge on any atom is -0.452 e. The monoisotopic (exact) mass is 461 g/mol. The van der Waals surface area contributed by atoms with Gasteiger partial charge in [0.1, 0.15) is 5.58 Å². The Balaban J connectivity index is 1.77. The molecule has 0 saturated carbocycles. The van der Waals surface area contributed by atoms with Crippen LogP contribution in [0.2, 0.25) is 5.02 Å². The van der Waals surface area contributed by atoms with Gasteiger partial charge in [-0.15, -0.1) is 0 Å². The molecule has 1 heterocycles. The van der Waals surface area contributed by atoms with Crippen LogP contribution in [0.25, 0.3) is 28.4 Å². The first-order valence-corrected chi connectivity index (χ1v) is 10.2. The lowest BCUT2D eigenvalue weighted by Gasteiger charge is -2.11. The van der Waals surface area contributed by atoms with Gasteiger partial charge in [-0.2, -0.15) is 0 Å². The molecule has 0 aliphatic carbocycles. The van der Waals surface area contributed by atoms with E-state index in [2.05, 4.69) is 0 Å². The summed E-state index contributed by atoms with van der Waals surface area (Å²) >= 11 is 6.31. The third kappa shape index (κ3) is 4.68. The Bertz CT molecular complexity index is 1490. The maximum Gasteiger partial charge on any atom is 0.336 e. The average molecular weight is 462 g/mol. The van der Waals surface area contributed by atoms with E-state index in [1.165, 1.54) is 24.3 Å². The molecular formula is C25H16ClNO6. The van der Waals surface area contributed by atoms with E-state index in [0.717, 1.165) is 11.6 Å². The molecule has 4 rings (SSSR count). The number of benzene rings is 3. The number of nitro groups is 1. The molecular weight excluding hydrogens is 446 g/mol. The summed E-state index contributed by atoms with van der Waals surface area (Å²) in [5, 5.41) is 11.5. The molecule has 0 spiro atoms. The summed E-state index contributed by atoms with van der Waals surface area (Å²) in [4.78, 5) is 36.2. The van der Waals surface area contributed by atoms with Gasteiger partial charge in [-0.25, -0.2) is 4.79 Å². The topological polar surface area (TPSA) is 99.7 Å². The van der Waals surface area contributed by atoms with Gasteiger partial charge in [0.15, 0.2) is 5.76 Å². The summed E-state index contributed by atoms with van der Waals surface area (Å²) in [6.07, 6.45) is 2.44. The number of non-ortho nitro benzene ring substituents is 1. The molecule has 0 aliphatic heterocycles. The van der Waals surface area contributed by atoms with E-state index in [-0.39, 0.29) is 22.6 Å². The van der Waals surface area contributed by atoms with Crippen molar-refractivity contribution in [3.63, 3.8) is 0 Å². The van der Waals surface area contributed by atoms with Crippen LogP contribution in [0.15, 0.2) is 82.0 Å². The normalized spacial score (nSPS) is 11.1. The van der Waals surface area contributed by atoms with Crippen LogP contribution >= 0.6 is 11.6 Å². The van der Waals surface area contributed by atoms with Gasteiger partial charge in [0.2, 0.25) is 11.2 Å². The lowest BCUT2D eigenvalue weighted by molar-refractivity contribution is -0.384. The molecule has 0 atom stereocenters. The minimum absolute atomic E-state index is 0.0269. The van der Waals surface area contributed by atoms with Gasteiger partial charge in [-0.05, 0) is 42.8 Å². The second-order valence-corrected chi connectivity index (χ2v) is 7.58. The summed E-state index contributed by atoms with van der Waals surface area (Å²) in [7, 11) is 0. The predicted molar refractivity (Wildman–Crippen MR) is 125 cm³/mol. The van der Waals surface area contributed by atoms with Gasteiger partial charge in [-0.3, -0.25) is 14.9 Å². The molecule has 1 aromatic heterocycles. The number of nitro benzene ring substituents is 1. The Morgan fingerprint density at radius 2 is 1.88 bits per heavy atom. The molecule has 8 heteroatoms. The first kappa shape index (κ1) is 22.0. The van der Waals surface area contributed by atoms with E-state index in [1.54, 1.807) is 48.5 Å². The Kier molecular flexibility index (Phi) is 6.06. The fraction of sp³-hybridized carbons (Fsp3) is 0.0400. The number of halogens is 1. The highest BCUT2D eigenvalue weighted by atomic mass is 35.5. The Morgan fingerprint density at radius 1 is 1.09 bits per heavy atom. The zero-order chi connectivity index (χ0) is 23.5. The summed E-state index contributed by atoms with van der Waals surface area (Å²) in [6, 6.07) is 17.6. The van der Waals surface area contributed by atoms with Crippen LogP contribution in [0.3, 0.4) is 0 Å². The van der Waals surface area contributed by atoms with Gasteiger partial charge >= 0.3 is 5.97 Å². The standard InChI is InChI=1S/C25H16ClNO6/c1-15-9-11-21-19(13-15)23(29)25(24(32-21)18-7-2-3-8-20(18)26)33-22(28)12-10-16-5-4-6-17(14-16)27(30)31/h2-14H,1H3/b12-10+. The second kappa shape index (κ2) is 9.10. The lowest BCUT2D eigenvalue weighted by Crippen LogP contribution is -2.14. The van der Waals surface area contributed by atoms with E-state index in [4.69, 9.17) is 20.8 Å². The number of carbonyl (C=O) groups is 1. The Morgan fingerprint density at radius 3 is 2.64 bits per heavy atom. The van der Waals surface area contributed by atoms with E-state index in [0.29, 0.717) is 21.7 Å². The maximum absolute atomic E-state index is 13.2. The van der Waals surface area contributed by atoms with Crippen LogP contribution in [-0.4, -0.2) is 10.9 Å². The van der Waals surface area contributed by atoms with Crippen molar-refractivity contribution in [3.8, 4) is 17.1 Å². The van der Waals surface area contributed by atoms with Crippen molar-refractivity contribution in [2.24, 2.45) is 0 Å². The van der Waals surface area contributed by atoms with Crippen molar-refractivity contribution in [2.45, 2.75) is 6.92 Å². The molecule has 7 nitrogen and oxygen atoms in total. The van der Waals surface area contributed by atoms with E-state index >= 15 is 0 Å². The first-order chi connectivity index (χ1) is 15.8. The molecule has 0 N–H and O–H groups in total. The number of carbonyl (C=O) groups excluding carboxylic acids is 1. The molecule has 0 unspecified atom stereocenters. The predicted octanol–water partition coefficient (Wildman–Crippen LogP) is 5.95. The number of esters is 1. The molecule has 4 aromatic rings. The summed E-state index contributed by atoms with van der Waals surface area (Å²) in [5.41, 5.74) is 1.34. The number of hydrogen-bond donors (Lipinski definition) is 0. The smallest absolute Gasteiger partial charge is 0.336 e. The van der Waals surface area contributed by atoms with Crippen LogP contribution in [-0.2, 0) is 4.79 Å². The van der Waals surface area contributed by atoms with Crippen molar-refractivity contribution in [1.29, 1.82) is 0 Å². The van der Waals surface area contributed by atoms with Crippen LogP contribution < -0.4 is 10.2 Å². The highest BCUT2D eigenvalue weighted by Crippen LogP contribution is 2.35. The van der Waals surface area contributed by atoms with Crippen molar-refractivity contribution < 1.29 is 18.9 Å². The van der Waals surface area contributed by atoms with E-state index < -0.39 is 16.3 Å². The van der Waals surface area contributed by atoms with Gasteiger partial charge in [0.05, 0.1) is 15.3 Å². The minimum atomic E-state index is -0.853. The second-order valence-electron chi connectivity index (χ2n) is 7.18. The van der Waals surface area contributed by atoms with Crippen LogP contribution in [0.4, 0.5) is 5.69 Å². The van der Waals surface area contributed by atoms with Gasteiger partial charge in [0.25, 0.3) is 5.69 Å². The summed E-state index contributed by atoms with van der Waals surface area (Å²) < 4.78 is 11.3. The number of aryl methyl sites for hydroxylation is 1. The van der Waals surface area contributed by atoms with Crippen LogP contribution in [0.1, 0.15) is 11.1 Å². The summed E-state index contributed by atoms with van der Waals surface area (Å²) in [5.74, 6) is -1.12. The highest BCUT2D eigenvalue weighted by molar-refractivity contribution is 6.33. The molecule has 0 saturated heterocycles. The highest BCUT2D eigenvalue weighted by Gasteiger charge is 2.21. The third-order valence-electron chi connectivity index (χ3n) is 4.82. The molecule has 0 bridgehead atoms. The molecule has 164 valence electrons. The first-order valence-electron chi connectivity index (χ1n) is 9.80. The van der Waals surface area contributed by atoms with Crippen molar-refractivity contribution >= 4 is 40.3 Å². The molecule has 33 heavy (non-hydrogen) atoms. The molecule has 0 fully saturated rings. The Labute approximate surface area is 192 Å². The Hall–Kier alpha value is -4.23. The van der Waals surface area contributed by atoms with E-state index in [9.17, 15) is 19.7 Å². The molecule has 3 aromatic carbocycles. The fourth-order valence-electron chi connectivity index (χ4n) is 3.25. The number of nitrogens with zero attached hydrogens (tertiary/aromatic N) is 1. The van der Waals surface area contributed by atoms with Crippen molar-refractivity contribution in [3.05, 3.63) is 109 Å². The van der Waals surface area contributed by atoms with Gasteiger partial charge < -0.3 is 9.15 Å². The number of ether oxygens (including phenoxy) is 1. The lowest BCUT2D eigenvalue weighted by atomic mass is 10.1. The number of fused-ring (bicyclic) bond motifs is 1. The molecule has 0 aliphatic rings. The van der Waals surface area contributed by atoms with Crippen LogP contribution in [0.5, 0.6) is 5.75 Å². The number of hydrogen-bond acceptors (Lipinski definition) is 6. The summed E-state index contributed by atoms with van der Waals surface area (Å²) in [6.45, 7) is 1.83. The maximum atomic E-state index is 13.2. The SMILES string of the molecule is Cc1ccc2oc(-c3ccccc3Cl)c(OC(=O)/C=C/c3cccc([N+](=O)[O-])c3)c(=O)c2c1. The van der Waals surface area contributed by atoms with E-state index in [1.807, 2.05) is 6.92 Å². The van der Waals surface area contributed by atoms with Gasteiger partial charge in [-0.1, -0.05) is 47.5 Å². The zero-order valence-corrected chi connectivity index (χ0v) is 18.0. The van der Waals surface area contributed by atoms with Crippen LogP contribution in [0, 0.1) is 17.0 Å². The average Bonchev–Trinajstić information content (AvgIpc) is 2.80. The zero-order valence-electron chi connectivity index (χ0n) is 17.3. The number of rotatable bonds is 5. The van der Waals surface area contributed by atoms with Crippen molar-refractivity contribution in [1.82, 2.24) is 0 Å². The quantitative estimate of drug-likeness (QED) is 0.157. The largest absolute Gasteiger partial charge is 0.452 e.